The third-order valence-electron chi connectivity index (χ3n) is 7.53. The van der Waals surface area contributed by atoms with Gasteiger partial charge in [0.2, 0.25) is 10.0 Å². The minimum absolute atomic E-state index is 0.0265. The quantitative estimate of drug-likeness (QED) is 0.795. The Morgan fingerprint density at radius 2 is 1.96 bits per heavy atom. The number of amides is 2. The van der Waals surface area contributed by atoms with E-state index in [1.807, 2.05) is 4.90 Å². The zero-order valence-electron chi connectivity index (χ0n) is 16.0. The molecule has 0 aromatic carbocycles. The molecule has 4 atom stereocenters. The van der Waals surface area contributed by atoms with Gasteiger partial charge in [-0.25, -0.2) is 17.9 Å². The van der Waals surface area contributed by atoms with Gasteiger partial charge in [-0.05, 0) is 54.8 Å². The van der Waals surface area contributed by atoms with Crippen molar-refractivity contribution in [1.82, 2.24) is 14.9 Å². The summed E-state index contributed by atoms with van der Waals surface area (Å²) in [7, 11) is -3.18. The largest absolute Gasteiger partial charge is 0.335 e. The molecule has 2 aliphatic carbocycles. The molecule has 0 spiro atoms. The van der Waals surface area contributed by atoms with Crippen LogP contribution in [0.25, 0.3) is 0 Å². The van der Waals surface area contributed by atoms with Crippen molar-refractivity contribution in [3.05, 3.63) is 0 Å². The summed E-state index contributed by atoms with van der Waals surface area (Å²) in [6, 6.07) is 0.280. The lowest BCUT2D eigenvalue weighted by Gasteiger charge is -2.41. The highest BCUT2D eigenvalue weighted by molar-refractivity contribution is 7.88. The van der Waals surface area contributed by atoms with Crippen LogP contribution < -0.4 is 10.0 Å². The number of likely N-dealkylation sites (tertiary alicyclic amines) is 1. The predicted molar refractivity (Wildman–Crippen MR) is 98.7 cm³/mol. The van der Waals surface area contributed by atoms with Crippen LogP contribution in [0.5, 0.6) is 0 Å². The lowest BCUT2D eigenvalue weighted by molar-refractivity contribution is 0.112. The first kappa shape index (κ1) is 19.0. The lowest BCUT2D eigenvalue weighted by Crippen LogP contribution is -2.53. The molecule has 2 N–H and O–H groups in total. The van der Waals surface area contributed by atoms with E-state index < -0.39 is 10.0 Å². The maximum atomic E-state index is 12.8. The normalized spacial score (nSPS) is 37.3. The predicted octanol–water partition coefficient (Wildman–Crippen LogP) is 2.17. The van der Waals surface area contributed by atoms with Crippen LogP contribution >= 0.6 is 0 Å². The van der Waals surface area contributed by atoms with Gasteiger partial charge in [0.05, 0.1) is 6.26 Å². The number of carbonyl (C=O) groups excluding carboxylic acids is 1. The van der Waals surface area contributed by atoms with Crippen LogP contribution in [0.3, 0.4) is 0 Å². The zero-order valence-corrected chi connectivity index (χ0v) is 16.8. The van der Waals surface area contributed by atoms with Gasteiger partial charge in [-0.1, -0.05) is 20.8 Å². The van der Waals surface area contributed by atoms with Gasteiger partial charge in [0.15, 0.2) is 0 Å². The average Bonchev–Trinajstić information content (AvgIpc) is 2.86. The van der Waals surface area contributed by atoms with Gasteiger partial charge in [-0.2, -0.15) is 0 Å². The molecule has 3 rings (SSSR count). The molecule has 2 amide bonds. The number of hydrogen-bond acceptors (Lipinski definition) is 3. The standard InChI is InChI=1S/C18H33N3O3S/c1-17(2)14-7-8-18(17,3)15(10-14)20-16(22)21-9-5-6-13(12-21)11-19-25(4,23)24/h13-15,19H,5-12H2,1-4H3,(H,20,22)/t13-,14+,15-,18+/m1/s1. The topological polar surface area (TPSA) is 78.5 Å². The number of rotatable bonds is 4. The summed E-state index contributed by atoms with van der Waals surface area (Å²) in [6.45, 7) is 8.84. The number of hydrogen-bond donors (Lipinski definition) is 2. The molecule has 0 aromatic heterocycles. The molecule has 144 valence electrons. The first-order valence-electron chi connectivity index (χ1n) is 9.53. The molecule has 3 fully saturated rings. The van der Waals surface area contributed by atoms with Crippen molar-refractivity contribution in [3.63, 3.8) is 0 Å². The number of urea groups is 1. The van der Waals surface area contributed by atoms with Gasteiger partial charge < -0.3 is 10.2 Å². The maximum absolute atomic E-state index is 12.8. The van der Waals surface area contributed by atoms with Crippen molar-refractivity contribution >= 4 is 16.1 Å². The first-order valence-corrected chi connectivity index (χ1v) is 11.4. The van der Waals surface area contributed by atoms with Crippen molar-refractivity contribution in [2.75, 3.05) is 25.9 Å². The molecule has 0 unspecified atom stereocenters. The molecule has 25 heavy (non-hydrogen) atoms. The van der Waals surface area contributed by atoms with Gasteiger partial charge >= 0.3 is 6.03 Å². The van der Waals surface area contributed by atoms with E-state index in [4.69, 9.17) is 0 Å². The van der Waals surface area contributed by atoms with Crippen molar-refractivity contribution in [2.24, 2.45) is 22.7 Å². The summed E-state index contributed by atoms with van der Waals surface area (Å²) in [5.74, 6) is 0.900. The zero-order chi connectivity index (χ0) is 18.5. The van der Waals surface area contributed by atoms with Gasteiger partial charge in [-0.3, -0.25) is 0 Å². The number of sulfonamides is 1. The molecule has 6 nitrogen and oxygen atoms in total. The number of carbonyl (C=O) groups is 1. The Kier molecular flexibility index (Phi) is 4.86. The van der Waals surface area contributed by atoms with E-state index in [1.54, 1.807) is 0 Å². The summed E-state index contributed by atoms with van der Waals surface area (Å²) in [4.78, 5) is 14.7. The van der Waals surface area contributed by atoms with Crippen LogP contribution in [0.1, 0.15) is 52.9 Å². The smallest absolute Gasteiger partial charge is 0.317 e. The SMILES string of the molecule is CC1(C)[C@H]2CC[C@@]1(C)[C@H](NC(=O)N1CCC[C@H](CNS(C)(=O)=O)C1)C2. The molecule has 7 heteroatoms. The third kappa shape index (κ3) is 3.54. The number of fused-ring (bicyclic) bond motifs is 2. The number of piperidine rings is 1. The Balaban J connectivity index is 1.57. The maximum Gasteiger partial charge on any atom is 0.317 e. The van der Waals surface area contributed by atoms with E-state index in [1.165, 1.54) is 19.1 Å². The fourth-order valence-corrected chi connectivity index (χ4v) is 5.89. The van der Waals surface area contributed by atoms with Crippen LogP contribution in [0.4, 0.5) is 4.79 Å². The monoisotopic (exact) mass is 371 g/mol. The minimum atomic E-state index is -3.18. The molecule has 2 saturated carbocycles. The van der Waals surface area contributed by atoms with Crippen LogP contribution in [0.2, 0.25) is 0 Å². The average molecular weight is 372 g/mol. The first-order chi connectivity index (χ1) is 11.5. The van der Waals surface area contributed by atoms with E-state index in [-0.39, 0.29) is 28.8 Å². The third-order valence-corrected chi connectivity index (χ3v) is 8.22. The lowest BCUT2D eigenvalue weighted by atomic mass is 9.69. The van der Waals surface area contributed by atoms with E-state index in [9.17, 15) is 13.2 Å². The highest BCUT2D eigenvalue weighted by atomic mass is 32.2. The molecule has 1 heterocycles. The second-order valence-electron chi connectivity index (χ2n) is 9.19. The van der Waals surface area contributed by atoms with Crippen molar-refractivity contribution in [1.29, 1.82) is 0 Å². The molecule has 3 aliphatic rings. The van der Waals surface area contributed by atoms with Crippen LogP contribution in [-0.4, -0.2) is 51.3 Å². The highest BCUT2D eigenvalue weighted by Crippen LogP contribution is 2.65. The molecule has 2 bridgehead atoms. The van der Waals surface area contributed by atoms with Gasteiger partial charge in [0.25, 0.3) is 0 Å². The van der Waals surface area contributed by atoms with Crippen LogP contribution in [-0.2, 0) is 10.0 Å². The van der Waals surface area contributed by atoms with E-state index in [0.29, 0.717) is 19.0 Å². The van der Waals surface area contributed by atoms with Gasteiger partial charge in [0, 0.05) is 25.7 Å². The van der Waals surface area contributed by atoms with Crippen molar-refractivity contribution in [2.45, 2.75) is 58.9 Å². The summed E-state index contributed by atoms with van der Waals surface area (Å²) >= 11 is 0. The fraction of sp³-hybridized carbons (Fsp3) is 0.944. The summed E-state index contributed by atoms with van der Waals surface area (Å²) in [5.41, 5.74) is 0.467. The summed E-state index contributed by atoms with van der Waals surface area (Å²) < 4.78 is 25.1. The summed E-state index contributed by atoms with van der Waals surface area (Å²) in [6.07, 6.45) is 6.62. The van der Waals surface area contributed by atoms with Crippen LogP contribution in [0, 0.1) is 22.7 Å². The highest BCUT2D eigenvalue weighted by Gasteiger charge is 2.61. The van der Waals surface area contributed by atoms with Crippen molar-refractivity contribution in [3.8, 4) is 0 Å². The Hall–Kier alpha value is -0.820. The fourth-order valence-electron chi connectivity index (χ4n) is 5.35. The number of nitrogens with one attached hydrogen (secondary N) is 2. The molecular formula is C18H33N3O3S. The second kappa shape index (κ2) is 6.41. The second-order valence-corrected chi connectivity index (χ2v) is 11.0. The van der Waals surface area contributed by atoms with Crippen LogP contribution in [0.15, 0.2) is 0 Å². The van der Waals surface area contributed by atoms with Crippen molar-refractivity contribution < 1.29 is 13.2 Å². The molecule has 1 aliphatic heterocycles. The molecular weight excluding hydrogens is 338 g/mol. The summed E-state index contributed by atoms with van der Waals surface area (Å²) in [5, 5.41) is 3.32. The van der Waals surface area contributed by atoms with E-state index in [2.05, 4.69) is 30.8 Å². The minimum Gasteiger partial charge on any atom is -0.335 e. The Morgan fingerprint density at radius 1 is 1.24 bits per heavy atom. The van der Waals surface area contributed by atoms with E-state index >= 15 is 0 Å². The Labute approximate surface area is 152 Å². The van der Waals surface area contributed by atoms with E-state index in [0.717, 1.165) is 25.8 Å². The molecule has 0 aromatic rings. The number of nitrogens with zero attached hydrogens (tertiary/aromatic N) is 1. The van der Waals surface area contributed by atoms with Gasteiger partial charge in [-0.15, -0.1) is 0 Å². The molecule has 1 saturated heterocycles. The van der Waals surface area contributed by atoms with Gasteiger partial charge in [0.1, 0.15) is 0 Å². The Morgan fingerprint density at radius 3 is 2.52 bits per heavy atom. The Bertz CT molecular complexity index is 633. The molecule has 0 radical (unpaired) electrons.